The lowest BCUT2D eigenvalue weighted by molar-refractivity contribution is -0.138. The highest BCUT2D eigenvalue weighted by Crippen LogP contribution is 2.26. The standard InChI is InChI=1S/C22H37N5O3S2/c1-18-23-20(17-31-18)16-25-10-8-19(9-11-25)22(28)26-12-14-27(15-13-26)32(29,30)24(2)21-6-4-3-5-7-21/h17,19,21H,3-16H2,1-2H3. The van der Waals surface area contributed by atoms with Crippen molar-refractivity contribution in [3.63, 3.8) is 0 Å². The van der Waals surface area contributed by atoms with E-state index in [1.165, 1.54) is 6.42 Å². The second-order valence-electron chi connectivity index (χ2n) is 9.45. The molecule has 1 aromatic heterocycles. The van der Waals surface area contributed by atoms with E-state index in [0.717, 1.165) is 68.9 Å². The first-order chi connectivity index (χ1) is 15.3. The molecule has 0 radical (unpaired) electrons. The third-order valence-electron chi connectivity index (χ3n) is 7.32. The van der Waals surface area contributed by atoms with Gasteiger partial charge in [-0.3, -0.25) is 9.69 Å². The van der Waals surface area contributed by atoms with Crippen molar-refractivity contribution >= 4 is 27.5 Å². The molecular weight excluding hydrogens is 446 g/mol. The Morgan fingerprint density at radius 1 is 1.06 bits per heavy atom. The molecule has 3 fully saturated rings. The lowest BCUT2D eigenvalue weighted by atomic mass is 9.95. The van der Waals surface area contributed by atoms with Gasteiger partial charge in [-0.1, -0.05) is 19.3 Å². The lowest BCUT2D eigenvalue weighted by Gasteiger charge is -2.40. The molecule has 2 saturated heterocycles. The second-order valence-corrected chi connectivity index (χ2v) is 12.5. The number of hydrogen-bond donors (Lipinski definition) is 0. The van der Waals surface area contributed by atoms with E-state index < -0.39 is 10.2 Å². The van der Waals surface area contributed by atoms with Crippen molar-refractivity contribution in [3.8, 4) is 0 Å². The number of aromatic nitrogens is 1. The molecule has 0 N–H and O–H groups in total. The van der Waals surface area contributed by atoms with Gasteiger partial charge in [-0.25, -0.2) is 4.98 Å². The molecule has 1 saturated carbocycles. The van der Waals surface area contributed by atoms with Crippen LogP contribution in [-0.2, 0) is 21.5 Å². The Morgan fingerprint density at radius 3 is 2.31 bits per heavy atom. The molecule has 1 aromatic rings. The first-order valence-electron chi connectivity index (χ1n) is 12.0. The van der Waals surface area contributed by atoms with Crippen LogP contribution in [0.3, 0.4) is 0 Å². The van der Waals surface area contributed by atoms with Crippen LogP contribution < -0.4 is 0 Å². The Morgan fingerprint density at radius 2 is 1.72 bits per heavy atom. The summed E-state index contributed by atoms with van der Waals surface area (Å²) in [6, 6.07) is 0.117. The molecule has 1 amide bonds. The molecule has 32 heavy (non-hydrogen) atoms. The summed E-state index contributed by atoms with van der Waals surface area (Å²) in [5.41, 5.74) is 1.12. The minimum atomic E-state index is -3.45. The number of nitrogens with zero attached hydrogens (tertiary/aromatic N) is 5. The van der Waals surface area contributed by atoms with Crippen molar-refractivity contribution in [1.82, 2.24) is 23.4 Å². The zero-order valence-corrected chi connectivity index (χ0v) is 21.0. The maximum Gasteiger partial charge on any atom is 0.282 e. The maximum absolute atomic E-state index is 13.1. The van der Waals surface area contributed by atoms with Crippen LogP contribution in [0.5, 0.6) is 0 Å². The summed E-state index contributed by atoms with van der Waals surface area (Å²) in [4.78, 5) is 21.9. The van der Waals surface area contributed by atoms with E-state index in [-0.39, 0.29) is 17.9 Å². The summed E-state index contributed by atoms with van der Waals surface area (Å²) < 4.78 is 29.3. The van der Waals surface area contributed by atoms with Gasteiger partial charge in [0.2, 0.25) is 5.91 Å². The number of carbonyl (C=O) groups excluding carboxylic acids is 1. The Labute approximate surface area is 196 Å². The summed E-state index contributed by atoms with van der Waals surface area (Å²) in [6.07, 6.45) is 7.05. The number of piperazine rings is 1. The van der Waals surface area contributed by atoms with Crippen LogP contribution in [0.25, 0.3) is 0 Å². The van der Waals surface area contributed by atoms with Gasteiger partial charge in [0, 0.05) is 57.1 Å². The average molecular weight is 484 g/mol. The van der Waals surface area contributed by atoms with Gasteiger partial charge < -0.3 is 4.90 Å². The predicted octanol–water partition coefficient (Wildman–Crippen LogP) is 2.32. The average Bonchev–Trinajstić information content (AvgIpc) is 3.23. The molecule has 3 aliphatic rings. The molecule has 1 aliphatic carbocycles. The van der Waals surface area contributed by atoms with Crippen molar-refractivity contribution in [2.24, 2.45) is 5.92 Å². The summed E-state index contributed by atoms with van der Waals surface area (Å²) in [7, 11) is -1.73. The van der Waals surface area contributed by atoms with Crippen molar-refractivity contribution in [2.45, 2.75) is 64.5 Å². The topological polar surface area (TPSA) is 77.1 Å². The van der Waals surface area contributed by atoms with Crippen LogP contribution in [0.4, 0.5) is 0 Å². The van der Waals surface area contributed by atoms with E-state index in [1.54, 1.807) is 27.0 Å². The Bertz CT molecular complexity index is 868. The number of amides is 1. The van der Waals surface area contributed by atoms with Crippen molar-refractivity contribution < 1.29 is 13.2 Å². The summed E-state index contributed by atoms with van der Waals surface area (Å²) >= 11 is 1.68. The molecule has 0 unspecified atom stereocenters. The molecule has 180 valence electrons. The van der Waals surface area contributed by atoms with Gasteiger partial charge in [-0.15, -0.1) is 11.3 Å². The minimum Gasteiger partial charge on any atom is -0.340 e. The molecule has 4 rings (SSSR count). The number of carbonyl (C=O) groups is 1. The first-order valence-corrected chi connectivity index (χ1v) is 14.3. The van der Waals surface area contributed by atoms with Crippen LogP contribution >= 0.6 is 11.3 Å². The zero-order valence-electron chi connectivity index (χ0n) is 19.4. The Kier molecular flexibility index (Phi) is 7.87. The smallest absolute Gasteiger partial charge is 0.282 e. The van der Waals surface area contributed by atoms with Crippen LogP contribution in [-0.4, -0.2) is 90.1 Å². The molecule has 0 spiro atoms. The number of thiazole rings is 1. The molecular formula is C22H37N5O3S2. The number of likely N-dealkylation sites (tertiary alicyclic amines) is 1. The third-order valence-corrected chi connectivity index (χ3v) is 10.2. The minimum absolute atomic E-state index is 0.0523. The van der Waals surface area contributed by atoms with Crippen LogP contribution in [0.15, 0.2) is 5.38 Å². The van der Waals surface area contributed by atoms with E-state index in [1.807, 2.05) is 11.8 Å². The van der Waals surface area contributed by atoms with Gasteiger partial charge in [0.05, 0.1) is 10.7 Å². The van der Waals surface area contributed by atoms with E-state index in [9.17, 15) is 13.2 Å². The highest BCUT2D eigenvalue weighted by Gasteiger charge is 2.37. The third kappa shape index (κ3) is 5.52. The normalized spacial score (nSPS) is 23.2. The molecule has 10 heteroatoms. The maximum atomic E-state index is 13.1. The predicted molar refractivity (Wildman–Crippen MR) is 127 cm³/mol. The van der Waals surface area contributed by atoms with Gasteiger partial charge in [-0.05, 0) is 45.7 Å². The lowest BCUT2D eigenvalue weighted by Crippen LogP contribution is -2.56. The van der Waals surface area contributed by atoms with E-state index in [2.05, 4.69) is 15.3 Å². The van der Waals surface area contributed by atoms with Crippen LogP contribution in [0.1, 0.15) is 55.6 Å². The quantitative estimate of drug-likeness (QED) is 0.621. The fourth-order valence-corrected chi connectivity index (χ4v) is 7.44. The van der Waals surface area contributed by atoms with Crippen molar-refractivity contribution in [3.05, 3.63) is 16.1 Å². The molecule has 2 aliphatic heterocycles. The number of hydrogen-bond acceptors (Lipinski definition) is 6. The van der Waals surface area contributed by atoms with Crippen molar-refractivity contribution in [1.29, 1.82) is 0 Å². The van der Waals surface area contributed by atoms with Gasteiger partial charge in [0.15, 0.2) is 0 Å². The number of rotatable bonds is 6. The van der Waals surface area contributed by atoms with Crippen LogP contribution in [0, 0.1) is 12.8 Å². The summed E-state index contributed by atoms with van der Waals surface area (Å²) in [5.74, 6) is 0.253. The first kappa shape index (κ1) is 24.1. The summed E-state index contributed by atoms with van der Waals surface area (Å²) in [5, 5.41) is 3.21. The molecule has 3 heterocycles. The highest BCUT2D eigenvalue weighted by atomic mass is 32.2. The SMILES string of the molecule is Cc1nc(CN2CCC(C(=O)N3CCN(S(=O)(=O)N(C)C4CCCCC4)CC3)CC2)cs1. The molecule has 0 bridgehead atoms. The molecule has 8 nitrogen and oxygen atoms in total. The van der Waals surface area contributed by atoms with Gasteiger partial charge >= 0.3 is 0 Å². The largest absolute Gasteiger partial charge is 0.340 e. The highest BCUT2D eigenvalue weighted by molar-refractivity contribution is 7.86. The van der Waals surface area contributed by atoms with Gasteiger partial charge in [0.1, 0.15) is 0 Å². The van der Waals surface area contributed by atoms with E-state index >= 15 is 0 Å². The van der Waals surface area contributed by atoms with Crippen molar-refractivity contribution in [2.75, 3.05) is 46.3 Å². The fraction of sp³-hybridized carbons (Fsp3) is 0.818. The van der Waals surface area contributed by atoms with E-state index in [0.29, 0.717) is 26.2 Å². The Hall–Kier alpha value is -1.07. The second kappa shape index (κ2) is 10.5. The Balaban J connectivity index is 1.24. The van der Waals surface area contributed by atoms with E-state index in [4.69, 9.17) is 0 Å². The number of aryl methyl sites for hydroxylation is 1. The monoisotopic (exact) mass is 483 g/mol. The van der Waals surface area contributed by atoms with Gasteiger partial charge in [0.25, 0.3) is 10.2 Å². The van der Waals surface area contributed by atoms with Gasteiger partial charge in [-0.2, -0.15) is 17.0 Å². The fourth-order valence-electron chi connectivity index (χ4n) is 5.26. The van der Waals surface area contributed by atoms with Crippen LogP contribution in [0.2, 0.25) is 0 Å². The summed E-state index contributed by atoms with van der Waals surface area (Å²) in [6.45, 7) is 6.49. The number of piperidine rings is 1. The zero-order chi connectivity index (χ0) is 22.7. The molecule has 0 atom stereocenters. The molecule has 0 aromatic carbocycles.